The van der Waals surface area contributed by atoms with Gasteiger partial charge in [-0.15, -0.1) is 0 Å². The summed E-state index contributed by atoms with van der Waals surface area (Å²) < 4.78 is 4.50. The van der Waals surface area contributed by atoms with Gasteiger partial charge in [-0.05, 0) is 12.1 Å². The number of rotatable bonds is 1. The Morgan fingerprint density at radius 2 is 2.20 bits per heavy atom. The molecule has 0 fully saturated rings. The molecule has 1 heterocycles. The number of nitrogens with zero attached hydrogens (tertiary/aromatic N) is 1. The molecule has 0 aliphatic carbocycles. The average molecular weight is 266 g/mol. The molecule has 3 nitrogen and oxygen atoms in total. The quantitative estimate of drug-likeness (QED) is 0.783. The molecule has 2 rings (SSSR count). The van der Waals surface area contributed by atoms with Gasteiger partial charge in [0.25, 0.3) is 0 Å². The van der Waals surface area contributed by atoms with E-state index in [9.17, 15) is 4.79 Å². The van der Waals surface area contributed by atoms with E-state index in [2.05, 4.69) is 25.1 Å². The highest BCUT2D eigenvalue weighted by Crippen LogP contribution is 2.25. The lowest BCUT2D eigenvalue weighted by Gasteiger charge is -1.99. The van der Waals surface area contributed by atoms with Crippen molar-refractivity contribution in [2.24, 2.45) is 4.99 Å². The van der Waals surface area contributed by atoms with E-state index in [0.29, 0.717) is 12.0 Å². The second-order valence-corrected chi connectivity index (χ2v) is 3.43. The molecule has 4 heteroatoms. The topological polar surface area (TPSA) is 38.7 Å². The third-order valence-corrected chi connectivity index (χ3v) is 2.43. The first-order chi connectivity index (χ1) is 7.31. The van der Waals surface area contributed by atoms with Crippen molar-refractivity contribution in [3.8, 4) is 0 Å². The lowest BCUT2D eigenvalue weighted by atomic mass is 10.1. The van der Waals surface area contributed by atoms with E-state index in [-0.39, 0.29) is 5.97 Å². The van der Waals surface area contributed by atoms with E-state index >= 15 is 0 Å². The number of fused-ring (bicyclic) bond motifs is 1. The Bertz CT molecular complexity index is 452. The van der Waals surface area contributed by atoms with Crippen molar-refractivity contribution in [1.29, 1.82) is 0 Å². The summed E-state index contributed by atoms with van der Waals surface area (Å²) in [6.07, 6.45) is 3.99. The summed E-state index contributed by atoms with van der Waals surface area (Å²) in [7, 11) is 0. The molecule has 0 N–H and O–H groups in total. The Balaban J connectivity index is 2.45. The van der Waals surface area contributed by atoms with E-state index in [0.717, 1.165) is 11.3 Å². The van der Waals surface area contributed by atoms with Crippen molar-refractivity contribution in [2.45, 2.75) is 6.42 Å². The van der Waals surface area contributed by atoms with Crippen LogP contribution in [0.15, 0.2) is 34.8 Å². The summed E-state index contributed by atoms with van der Waals surface area (Å²) >= 11 is 2.68. The lowest BCUT2D eigenvalue weighted by molar-refractivity contribution is -0.128. The van der Waals surface area contributed by atoms with Gasteiger partial charge in [0.1, 0.15) is 0 Å². The van der Waals surface area contributed by atoms with Crippen LogP contribution in [-0.2, 0) is 8.62 Å². The van der Waals surface area contributed by atoms with Crippen molar-refractivity contribution >= 4 is 40.2 Å². The molecule has 1 aliphatic rings. The fourth-order valence-electron chi connectivity index (χ4n) is 1.41. The van der Waals surface area contributed by atoms with Crippen LogP contribution in [0, 0.1) is 0 Å². The van der Waals surface area contributed by atoms with Crippen molar-refractivity contribution in [3.63, 3.8) is 0 Å². The first kappa shape index (κ1) is 10.1. The van der Waals surface area contributed by atoms with E-state index in [1.165, 1.54) is 0 Å². The van der Waals surface area contributed by atoms with Crippen LogP contribution in [0.3, 0.4) is 0 Å². The molecule has 1 aromatic carbocycles. The zero-order chi connectivity index (χ0) is 10.7. The second kappa shape index (κ2) is 4.40. The summed E-state index contributed by atoms with van der Waals surface area (Å²) in [5.74, 6) is -0.377. The highest BCUT2D eigenvalue weighted by Gasteiger charge is 2.12. The Morgan fingerprint density at radius 3 is 3.00 bits per heavy atom. The van der Waals surface area contributed by atoms with Crippen LogP contribution in [0.25, 0.3) is 6.08 Å². The molecule has 0 spiro atoms. The van der Waals surface area contributed by atoms with Crippen molar-refractivity contribution in [1.82, 2.24) is 0 Å². The van der Waals surface area contributed by atoms with Crippen LogP contribution in [0.4, 0.5) is 5.69 Å². The molecule has 1 aliphatic heterocycles. The number of carbonyl (C=O) groups excluding carboxylic acids is 1. The van der Waals surface area contributed by atoms with Crippen LogP contribution in [0.5, 0.6) is 0 Å². The van der Waals surface area contributed by atoms with Gasteiger partial charge in [-0.1, -0.05) is 18.2 Å². The Kier molecular flexibility index (Phi) is 2.97. The molecular weight excluding hydrogens is 258 g/mol. The number of hydrogen-bond donors (Lipinski definition) is 0. The maximum atomic E-state index is 11.3. The minimum Gasteiger partial charge on any atom is -0.380 e. The van der Waals surface area contributed by atoms with E-state index in [4.69, 9.17) is 0 Å². The number of aliphatic imine (C=N–C) groups is 1. The summed E-state index contributed by atoms with van der Waals surface area (Å²) in [4.78, 5) is 15.6. The first-order valence-electron chi connectivity index (χ1n) is 4.46. The van der Waals surface area contributed by atoms with E-state index in [1.807, 2.05) is 24.3 Å². The molecule has 15 heavy (non-hydrogen) atoms. The number of para-hydroxylation sites is 1. The molecule has 0 aromatic heterocycles. The van der Waals surface area contributed by atoms with Gasteiger partial charge in [0.15, 0.2) is 16.3 Å². The maximum absolute atomic E-state index is 11.3. The summed E-state index contributed by atoms with van der Waals surface area (Å²) in [6, 6.07) is 7.65. The molecular formula is C11H8BrNO2. The standard InChI is InChI=1S/C11H8BrNO2/c12-15-11(14)9-5-6-13-10-4-2-1-3-8(10)7-9/h1-4,6-7H,5H2. The number of benzene rings is 1. The van der Waals surface area contributed by atoms with E-state index in [1.54, 1.807) is 12.3 Å². The minimum atomic E-state index is -0.377. The highest BCUT2D eigenvalue weighted by molar-refractivity contribution is 9.06. The van der Waals surface area contributed by atoms with Gasteiger partial charge in [-0.2, -0.15) is 0 Å². The summed E-state index contributed by atoms with van der Waals surface area (Å²) in [5, 5.41) is 0. The van der Waals surface area contributed by atoms with Crippen LogP contribution >= 0.6 is 16.3 Å². The summed E-state index contributed by atoms with van der Waals surface area (Å²) in [5.41, 5.74) is 2.38. The van der Waals surface area contributed by atoms with Crippen molar-refractivity contribution in [2.75, 3.05) is 0 Å². The lowest BCUT2D eigenvalue weighted by Crippen LogP contribution is -2.01. The Hall–Kier alpha value is -1.42. The molecule has 0 saturated heterocycles. The second-order valence-electron chi connectivity index (χ2n) is 3.11. The number of carbonyl (C=O) groups is 1. The van der Waals surface area contributed by atoms with Gasteiger partial charge in [0.05, 0.1) is 5.69 Å². The third kappa shape index (κ3) is 2.15. The predicted molar refractivity (Wildman–Crippen MR) is 62.2 cm³/mol. The van der Waals surface area contributed by atoms with Gasteiger partial charge in [0, 0.05) is 23.8 Å². The molecule has 76 valence electrons. The zero-order valence-corrected chi connectivity index (χ0v) is 9.40. The SMILES string of the molecule is O=C(OBr)C1=Cc2ccccc2N=CC1. The minimum absolute atomic E-state index is 0.377. The molecule has 0 atom stereocenters. The average Bonchev–Trinajstić information content (AvgIpc) is 2.49. The Morgan fingerprint density at radius 1 is 1.40 bits per heavy atom. The smallest absolute Gasteiger partial charge is 0.345 e. The fourth-order valence-corrected chi connectivity index (χ4v) is 1.62. The van der Waals surface area contributed by atoms with Crippen LogP contribution in [0.2, 0.25) is 0 Å². The largest absolute Gasteiger partial charge is 0.380 e. The monoisotopic (exact) mass is 265 g/mol. The highest BCUT2D eigenvalue weighted by atomic mass is 79.9. The molecule has 0 amide bonds. The van der Waals surface area contributed by atoms with Gasteiger partial charge in [0.2, 0.25) is 0 Å². The molecule has 0 saturated carbocycles. The molecule has 0 radical (unpaired) electrons. The van der Waals surface area contributed by atoms with E-state index < -0.39 is 0 Å². The Labute approximate surface area is 95.9 Å². The fraction of sp³-hybridized carbons (Fsp3) is 0.0909. The van der Waals surface area contributed by atoms with Crippen molar-refractivity contribution in [3.05, 3.63) is 35.4 Å². The maximum Gasteiger partial charge on any atom is 0.345 e. The van der Waals surface area contributed by atoms with Gasteiger partial charge in [-0.3, -0.25) is 4.99 Å². The number of hydrogen-bond acceptors (Lipinski definition) is 3. The van der Waals surface area contributed by atoms with Gasteiger partial charge in [-0.25, -0.2) is 4.79 Å². The van der Waals surface area contributed by atoms with Gasteiger partial charge < -0.3 is 3.83 Å². The first-order valence-corrected chi connectivity index (χ1v) is 5.11. The number of halogens is 1. The zero-order valence-electron chi connectivity index (χ0n) is 7.81. The van der Waals surface area contributed by atoms with Crippen molar-refractivity contribution < 1.29 is 8.62 Å². The van der Waals surface area contributed by atoms with Crippen LogP contribution in [-0.4, -0.2) is 12.2 Å². The molecule has 1 aromatic rings. The van der Waals surface area contributed by atoms with Crippen LogP contribution in [0.1, 0.15) is 12.0 Å². The third-order valence-electron chi connectivity index (χ3n) is 2.14. The predicted octanol–water partition coefficient (Wildman–Crippen LogP) is 3.03. The molecule has 0 unspecified atom stereocenters. The van der Waals surface area contributed by atoms with Gasteiger partial charge >= 0.3 is 5.97 Å². The molecule has 0 bridgehead atoms. The van der Waals surface area contributed by atoms with Crippen LogP contribution < -0.4 is 0 Å². The normalized spacial score (nSPS) is 13.8. The summed E-state index contributed by atoms with van der Waals surface area (Å²) in [6.45, 7) is 0.